The number of nitrogens with two attached hydrogens (primary N) is 1. The summed E-state index contributed by atoms with van der Waals surface area (Å²) in [5, 5.41) is 1.18. The Bertz CT molecular complexity index is 1330. The average molecular weight is 416 g/mol. The average Bonchev–Trinajstić information content (AvgIpc) is 2.75. The van der Waals surface area contributed by atoms with E-state index < -0.39 is 5.91 Å². The van der Waals surface area contributed by atoms with E-state index in [1.807, 2.05) is 56.3 Å². The van der Waals surface area contributed by atoms with Gasteiger partial charge in [0.15, 0.2) is 5.16 Å². The minimum atomic E-state index is -0.460. The molecule has 0 bridgehead atoms. The Morgan fingerprint density at radius 2 is 1.80 bits per heavy atom. The summed E-state index contributed by atoms with van der Waals surface area (Å²) < 4.78 is 1.66. The monoisotopic (exact) mass is 415 g/mol. The lowest BCUT2D eigenvalue weighted by Gasteiger charge is -2.14. The smallest absolute Gasteiger partial charge is 0.266 e. The number of benzene rings is 3. The molecule has 1 aromatic heterocycles. The van der Waals surface area contributed by atoms with E-state index in [0.29, 0.717) is 27.4 Å². The largest absolute Gasteiger partial charge is 0.366 e. The molecular weight excluding hydrogens is 394 g/mol. The number of nitrogens with zero attached hydrogens (tertiary/aromatic N) is 2. The molecule has 0 atom stereocenters. The van der Waals surface area contributed by atoms with E-state index in [2.05, 4.69) is 0 Å². The summed E-state index contributed by atoms with van der Waals surface area (Å²) in [7, 11) is 0. The molecule has 0 fully saturated rings. The molecule has 4 rings (SSSR count). The van der Waals surface area contributed by atoms with Crippen LogP contribution in [0.2, 0.25) is 0 Å². The molecule has 2 N–H and O–H groups in total. The summed E-state index contributed by atoms with van der Waals surface area (Å²) >= 11 is 1.45. The van der Waals surface area contributed by atoms with Gasteiger partial charge in [0.2, 0.25) is 5.91 Å². The number of thioether (sulfide) groups is 1. The number of para-hydroxylation sites is 1. The molecule has 0 saturated carbocycles. The van der Waals surface area contributed by atoms with Crippen LogP contribution in [0.5, 0.6) is 0 Å². The van der Waals surface area contributed by atoms with Gasteiger partial charge in [0.25, 0.3) is 5.56 Å². The van der Waals surface area contributed by atoms with Crippen LogP contribution in [0.3, 0.4) is 0 Å². The maximum Gasteiger partial charge on any atom is 0.266 e. The zero-order chi connectivity index (χ0) is 21.3. The number of hydrogen-bond acceptors (Lipinski definition) is 4. The summed E-state index contributed by atoms with van der Waals surface area (Å²) in [6, 6.07) is 20.5. The maximum absolute atomic E-state index is 13.3. The van der Waals surface area contributed by atoms with Crippen LogP contribution in [0, 0.1) is 13.8 Å². The summed E-state index contributed by atoms with van der Waals surface area (Å²) in [5.41, 5.74) is 10.4. The number of carbonyl (C=O) groups excluding carboxylic acids is 1. The van der Waals surface area contributed by atoms with Crippen LogP contribution in [0.15, 0.2) is 76.7 Å². The fourth-order valence-corrected chi connectivity index (χ4v) is 4.22. The number of amides is 1. The Labute approximate surface area is 178 Å². The fourth-order valence-electron chi connectivity index (χ4n) is 3.26. The lowest BCUT2D eigenvalue weighted by Crippen LogP contribution is -2.22. The van der Waals surface area contributed by atoms with E-state index in [4.69, 9.17) is 10.7 Å². The molecule has 0 aliphatic carbocycles. The summed E-state index contributed by atoms with van der Waals surface area (Å²) in [6.45, 7) is 4.07. The van der Waals surface area contributed by atoms with Gasteiger partial charge in [-0.1, -0.05) is 42.1 Å². The first-order valence-electron chi connectivity index (χ1n) is 9.55. The first-order chi connectivity index (χ1) is 14.4. The highest BCUT2D eigenvalue weighted by Crippen LogP contribution is 2.25. The third kappa shape index (κ3) is 3.86. The third-order valence-corrected chi connectivity index (χ3v) is 6.08. The van der Waals surface area contributed by atoms with Crippen LogP contribution in [-0.4, -0.2) is 15.5 Å². The van der Waals surface area contributed by atoms with Crippen LogP contribution in [0.4, 0.5) is 0 Å². The second-order valence-corrected chi connectivity index (χ2v) is 8.12. The molecule has 0 unspecified atom stereocenters. The molecule has 3 aromatic carbocycles. The Balaban J connectivity index is 1.81. The predicted octanol–water partition coefficient (Wildman–Crippen LogP) is 4.39. The molecule has 30 heavy (non-hydrogen) atoms. The van der Waals surface area contributed by atoms with Crippen molar-refractivity contribution in [2.24, 2.45) is 5.73 Å². The van der Waals surface area contributed by atoms with Gasteiger partial charge < -0.3 is 5.73 Å². The molecule has 0 aliphatic rings. The van der Waals surface area contributed by atoms with E-state index in [-0.39, 0.29) is 5.56 Å². The number of rotatable bonds is 5. The van der Waals surface area contributed by atoms with Crippen molar-refractivity contribution in [1.29, 1.82) is 0 Å². The highest BCUT2D eigenvalue weighted by molar-refractivity contribution is 7.98. The van der Waals surface area contributed by atoms with Gasteiger partial charge in [-0.3, -0.25) is 14.2 Å². The van der Waals surface area contributed by atoms with Gasteiger partial charge in [-0.2, -0.15) is 0 Å². The van der Waals surface area contributed by atoms with Gasteiger partial charge in [-0.25, -0.2) is 4.98 Å². The van der Waals surface area contributed by atoms with Crippen LogP contribution in [0.1, 0.15) is 27.0 Å². The SMILES string of the molecule is Cc1ccc(-n2c(SCc3cccc(C(N)=O)c3)nc3ccccc3c2=O)cc1C. The zero-order valence-corrected chi connectivity index (χ0v) is 17.6. The van der Waals surface area contributed by atoms with Gasteiger partial charge in [-0.05, 0) is 66.9 Å². The summed E-state index contributed by atoms with van der Waals surface area (Å²) in [6.07, 6.45) is 0. The Morgan fingerprint density at radius 1 is 1.00 bits per heavy atom. The molecule has 6 heteroatoms. The van der Waals surface area contributed by atoms with Crippen molar-refractivity contribution in [3.8, 4) is 5.69 Å². The van der Waals surface area contributed by atoms with Gasteiger partial charge in [-0.15, -0.1) is 0 Å². The molecule has 1 heterocycles. The number of hydrogen-bond donors (Lipinski definition) is 1. The van der Waals surface area contributed by atoms with Crippen molar-refractivity contribution < 1.29 is 4.79 Å². The molecule has 0 aliphatic heterocycles. The van der Waals surface area contributed by atoms with Crippen molar-refractivity contribution in [3.05, 3.63) is 99.3 Å². The Kier molecular flexibility index (Phi) is 5.42. The Hall–Kier alpha value is -3.38. The Morgan fingerprint density at radius 3 is 2.57 bits per heavy atom. The first-order valence-corrected chi connectivity index (χ1v) is 10.5. The topological polar surface area (TPSA) is 78.0 Å². The number of primary amides is 1. The van der Waals surface area contributed by atoms with Gasteiger partial charge >= 0.3 is 0 Å². The van der Waals surface area contributed by atoms with Crippen molar-refractivity contribution in [2.75, 3.05) is 0 Å². The molecule has 0 saturated heterocycles. The fraction of sp³-hybridized carbons (Fsp3) is 0.125. The highest BCUT2D eigenvalue weighted by atomic mass is 32.2. The summed E-state index contributed by atoms with van der Waals surface area (Å²) in [4.78, 5) is 29.6. The number of fused-ring (bicyclic) bond motifs is 1. The number of carbonyl (C=O) groups is 1. The van der Waals surface area contributed by atoms with E-state index in [9.17, 15) is 9.59 Å². The standard InChI is InChI=1S/C24H21N3O2S/c1-15-10-11-19(12-16(15)2)27-23(29)20-8-3-4-9-21(20)26-24(27)30-14-17-6-5-7-18(13-17)22(25)28/h3-13H,14H2,1-2H3,(H2,25,28). The second-order valence-electron chi connectivity index (χ2n) is 7.17. The lowest BCUT2D eigenvalue weighted by molar-refractivity contribution is 0.1000. The molecule has 0 spiro atoms. The number of aryl methyl sites for hydroxylation is 2. The van der Waals surface area contributed by atoms with E-state index in [1.54, 1.807) is 28.8 Å². The van der Waals surface area contributed by atoms with Crippen molar-refractivity contribution in [2.45, 2.75) is 24.8 Å². The lowest BCUT2D eigenvalue weighted by atomic mass is 10.1. The van der Waals surface area contributed by atoms with E-state index in [1.165, 1.54) is 11.8 Å². The molecular formula is C24H21N3O2S. The molecule has 150 valence electrons. The van der Waals surface area contributed by atoms with E-state index in [0.717, 1.165) is 22.4 Å². The van der Waals surface area contributed by atoms with Crippen LogP contribution < -0.4 is 11.3 Å². The van der Waals surface area contributed by atoms with Gasteiger partial charge in [0.05, 0.1) is 16.6 Å². The van der Waals surface area contributed by atoms with Crippen LogP contribution >= 0.6 is 11.8 Å². The van der Waals surface area contributed by atoms with E-state index >= 15 is 0 Å². The first kappa shape index (κ1) is 19.9. The second kappa shape index (κ2) is 8.16. The molecule has 4 aromatic rings. The van der Waals surface area contributed by atoms with Crippen LogP contribution in [-0.2, 0) is 5.75 Å². The minimum Gasteiger partial charge on any atom is -0.366 e. The maximum atomic E-state index is 13.3. The molecule has 5 nitrogen and oxygen atoms in total. The summed E-state index contributed by atoms with van der Waals surface area (Å²) in [5.74, 6) is 0.0919. The van der Waals surface area contributed by atoms with Crippen molar-refractivity contribution >= 4 is 28.6 Å². The quantitative estimate of drug-likeness (QED) is 0.387. The van der Waals surface area contributed by atoms with Gasteiger partial charge in [0, 0.05) is 11.3 Å². The molecule has 1 amide bonds. The minimum absolute atomic E-state index is 0.0998. The zero-order valence-electron chi connectivity index (χ0n) is 16.8. The molecule has 0 radical (unpaired) electrons. The van der Waals surface area contributed by atoms with Gasteiger partial charge in [0.1, 0.15) is 0 Å². The van der Waals surface area contributed by atoms with Crippen molar-refractivity contribution in [1.82, 2.24) is 9.55 Å². The van der Waals surface area contributed by atoms with Crippen LogP contribution in [0.25, 0.3) is 16.6 Å². The highest BCUT2D eigenvalue weighted by Gasteiger charge is 2.14. The number of aromatic nitrogens is 2. The predicted molar refractivity (Wildman–Crippen MR) is 121 cm³/mol. The van der Waals surface area contributed by atoms with Crippen molar-refractivity contribution in [3.63, 3.8) is 0 Å². The normalized spacial score (nSPS) is 11.0. The third-order valence-electron chi connectivity index (χ3n) is 5.07.